The van der Waals surface area contributed by atoms with E-state index >= 15 is 0 Å². The third-order valence-corrected chi connectivity index (χ3v) is 5.41. The van der Waals surface area contributed by atoms with E-state index < -0.39 is 11.9 Å². The molecule has 0 atom stereocenters. The molecule has 3 rings (SSSR count). The molecule has 1 amide bonds. The monoisotopic (exact) mass is 426 g/mol. The van der Waals surface area contributed by atoms with Gasteiger partial charge in [0.1, 0.15) is 5.00 Å². The Bertz CT molecular complexity index is 1060. The summed E-state index contributed by atoms with van der Waals surface area (Å²) in [7, 11) is 4.35. The third kappa shape index (κ3) is 4.08. The van der Waals surface area contributed by atoms with Crippen LogP contribution >= 0.6 is 11.3 Å². The SMILES string of the molecule is COc1cc(C(=O)Nc2scc(-c3ccc(C)cc3)c2C(=O)[O-])cc(OC)c1OC. The molecule has 0 radical (unpaired) electrons. The maximum atomic E-state index is 12.8. The molecular weight excluding hydrogens is 406 g/mol. The molecule has 1 aromatic heterocycles. The predicted molar refractivity (Wildman–Crippen MR) is 113 cm³/mol. The number of hydrogen-bond donors (Lipinski definition) is 1. The first-order valence-corrected chi connectivity index (χ1v) is 9.78. The lowest BCUT2D eigenvalue weighted by Crippen LogP contribution is -2.24. The number of benzene rings is 2. The standard InChI is InChI=1S/C22H21NO6S/c1-12-5-7-13(8-6-12)15-11-30-21(18(15)22(25)26)23-20(24)14-9-16(27-2)19(29-4)17(10-14)28-3/h5-11H,1-4H3,(H,23,24)(H,25,26)/p-1. The number of carbonyl (C=O) groups excluding carboxylic acids is 2. The maximum Gasteiger partial charge on any atom is 0.256 e. The van der Waals surface area contributed by atoms with Gasteiger partial charge in [-0.2, -0.15) is 0 Å². The number of anilines is 1. The first-order valence-electron chi connectivity index (χ1n) is 8.90. The molecule has 0 saturated heterocycles. The highest BCUT2D eigenvalue weighted by Crippen LogP contribution is 2.39. The van der Waals surface area contributed by atoms with Gasteiger partial charge in [-0.15, -0.1) is 11.3 Å². The van der Waals surface area contributed by atoms with E-state index in [-0.39, 0.29) is 16.1 Å². The molecule has 1 N–H and O–H groups in total. The summed E-state index contributed by atoms with van der Waals surface area (Å²) in [4.78, 5) is 24.7. The number of nitrogens with one attached hydrogen (secondary N) is 1. The molecule has 0 aliphatic rings. The number of rotatable bonds is 7. The van der Waals surface area contributed by atoms with Gasteiger partial charge in [0.05, 0.1) is 27.3 Å². The summed E-state index contributed by atoms with van der Waals surface area (Å²) in [6, 6.07) is 10.4. The Balaban J connectivity index is 1.98. The number of methoxy groups -OCH3 is 3. The van der Waals surface area contributed by atoms with Crippen molar-refractivity contribution in [2.75, 3.05) is 26.6 Å². The summed E-state index contributed by atoms with van der Waals surface area (Å²) in [6.07, 6.45) is 0. The van der Waals surface area contributed by atoms with Gasteiger partial charge in [0, 0.05) is 22.1 Å². The maximum absolute atomic E-state index is 12.8. The van der Waals surface area contributed by atoms with E-state index in [2.05, 4.69) is 5.32 Å². The van der Waals surface area contributed by atoms with Gasteiger partial charge >= 0.3 is 0 Å². The molecule has 0 aliphatic carbocycles. The quantitative estimate of drug-likeness (QED) is 0.622. The van der Waals surface area contributed by atoms with Crippen LogP contribution in [0.1, 0.15) is 26.3 Å². The van der Waals surface area contributed by atoms with Crippen LogP contribution in [0.15, 0.2) is 41.8 Å². The highest BCUT2D eigenvalue weighted by atomic mass is 32.1. The van der Waals surface area contributed by atoms with Gasteiger partial charge in [-0.3, -0.25) is 4.79 Å². The Hall–Kier alpha value is -3.52. The molecule has 3 aromatic rings. The number of aryl methyl sites for hydroxylation is 1. The van der Waals surface area contributed by atoms with Crippen LogP contribution in [-0.4, -0.2) is 33.2 Å². The largest absolute Gasteiger partial charge is 0.545 e. The van der Waals surface area contributed by atoms with Crippen LogP contribution < -0.4 is 24.6 Å². The van der Waals surface area contributed by atoms with E-state index in [4.69, 9.17) is 14.2 Å². The van der Waals surface area contributed by atoms with Gasteiger partial charge in [0.2, 0.25) is 5.75 Å². The molecular formula is C22H20NO6S-. The highest BCUT2D eigenvalue weighted by Gasteiger charge is 2.20. The molecule has 7 nitrogen and oxygen atoms in total. The molecule has 0 unspecified atom stereocenters. The molecule has 0 bridgehead atoms. The minimum absolute atomic E-state index is 0.0651. The smallest absolute Gasteiger partial charge is 0.256 e. The average Bonchev–Trinajstić information content (AvgIpc) is 3.16. The highest BCUT2D eigenvalue weighted by molar-refractivity contribution is 7.15. The average molecular weight is 426 g/mol. The third-order valence-electron chi connectivity index (χ3n) is 4.51. The van der Waals surface area contributed by atoms with Gasteiger partial charge in [-0.1, -0.05) is 29.8 Å². The van der Waals surface area contributed by atoms with Crippen LogP contribution in [0.25, 0.3) is 11.1 Å². The Labute approximate surface area is 177 Å². The van der Waals surface area contributed by atoms with E-state index in [1.165, 1.54) is 33.5 Å². The predicted octanol–water partition coefficient (Wildman–Crippen LogP) is 3.37. The molecule has 2 aromatic carbocycles. The van der Waals surface area contributed by atoms with E-state index in [0.717, 1.165) is 22.5 Å². The molecule has 8 heteroatoms. The van der Waals surface area contributed by atoms with Crippen molar-refractivity contribution in [1.82, 2.24) is 0 Å². The molecule has 1 heterocycles. The van der Waals surface area contributed by atoms with Crippen molar-refractivity contribution in [3.05, 3.63) is 58.5 Å². The lowest BCUT2D eigenvalue weighted by Gasteiger charge is -2.14. The number of carbonyl (C=O) groups is 2. The summed E-state index contributed by atoms with van der Waals surface area (Å²) in [5.41, 5.74) is 2.42. The Kier molecular flexibility index (Phi) is 6.27. The van der Waals surface area contributed by atoms with Crippen LogP contribution in [0.2, 0.25) is 0 Å². The number of aromatic carboxylic acids is 1. The van der Waals surface area contributed by atoms with Crippen molar-refractivity contribution in [3.63, 3.8) is 0 Å². The lowest BCUT2D eigenvalue weighted by molar-refractivity contribution is -0.254. The molecule has 0 spiro atoms. The van der Waals surface area contributed by atoms with Gasteiger partial charge < -0.3 is 29.4 Å². The van der Waals surface area contributed by atoms with Crippen LogP contribution in [0.3, 0.4) is 0 Å². The van der Waals surface area contributed by atoms with Crippen molar-refractivity contribution in [3.8, 4) is 28.4 Å². The number of thiophene rings is 1. The fourth-order valence-corrected chi connectivity index (χ4v) is 3.94. The Morgan fingerprint density at radius 3 is 2.07 bits per heavy atom. The van der Waals surface area contributed by atoms with Gasteiger partial charge in [0.15, 0.2) is 11.5 Å². The van der Waals surface area contributed by atoms with Gasteiger partial charge in [-0.25, -0.2) is 0 Å². The molecule has 0 aliphatic heterocycles. The molecule has 0 saturated carbocycles. The van der Waals surface area contributed by atoms with Crippen LogP contribution in [0, 0.1) is 6.92 Å². The lowest BCUT2D eigenvalue weighted by atomic mass is 10.0. The normalized spacial score (nSPS) is 10.4. The van der Waals surface area contributed by atoms with Crippen molar-refractivity contribution in [2.24, 2.45) is 0 Å². The van der Waals surface area contributed by atoms with E-state index in [1.54, 1.807) is 5.38 Å². The van der Waals surface area contributed by atoms with Crippen LogP contribution in [0.4, 0.5) is 5.00 Å². The van der Waals surface area contributed by atoms with E-state index in [0.29, 0.717) is 22.8 Å². The van der Waals surface area contributed by atoms with Crippen LogP contribution in [-0.2, 0) is 0 Å². The number of carboxylic acids is 1. The van der Waals surface area contributed by atoms with E-state index in [1.807, 2.05) is 31.2 Å². The van der Waals surface area contributed by atoms with Gasteiger partial charge in [0.25, 0.3) is 5.91 Å². The summed E-state index contributed by atoms with van der Waals surface area (Å²) in [6.45, 7) is 1.94. The second kappa shape index (κ2) is 8.87. The second-order valence-corrected chi connectivity index (χ2v) is 7.25. The topological polar surface area (TPSA) is 96.9 Å². The fraction of sp³-hybridized carbons (Fsp3) is 0.182. The van der Waals surface area contributed by atoms with Crippen molar-refractivity contribution in [1.29, 1.82) is 0 Å². The zero-order valence-corrected chi connectivity index (χ0v) is 17.7. The van der Waals surface area contributed by atoms with Crippen LogP contribution in [0.5, 0.6) is 17.2 Å². The zero-order chi connectivity index (χ0) is 21.8. The van der Waals surface area contributed by atoms with Crippen molar-refractivity contribution in [2.45, 2.75) is 6.92 Å². The Morgan fingerprint density at radius 2 is 1.57 bits per heavy atom. The summed E-state index contributed by atoms with van der Waals surface area (Å²) < 4.78 is 15.8. The first kappa shape index (κ1) is 21.2. The summed E-state index contributed by atoms with van der Waals surface area (Å²) in [5, 5.41) is 16.4. The molecule has 30 heavy (non-hydrogen) atoms. The fourth-order valence-electron chi connectivity index (χ4n) is 2.99. The number of carboxylic acid groups (broad SMARTS) is 1. The molecule has 0 fully saturated rings. The minimum atomic E-state index is -1.37. The second-order valence-electron chi connectivity index (χ2n) is 6.38. The number of hydrogen-bond acceptors (Lipinski definition) is 7. The first-order chi connectivity index (χ1) is 14.4. The minimum Gasteiger partial charge on any atom is -0.545 e. The zero-order valence-electron chi connectivity index (χ0n) is 16.9. The number of ether oxygens (including phenoxy) is 3. The molecule has 156 valence electrons. The summed E-state index contributed by atoms with van der Waals surface area (Å²) in [5.74, 6) is -0.909. The Morgan fingerprint density at radius 1 is 0.967 bits per heavy atom. The van der Waals surface area contributed by atoms with Crippen molar-refractivity contribution < 1.29 is 28.9 Å². The van der Waals surface area contributed by atoms with E-state index in [9.17, 15) is 14.7 Å². The number of amides is 1. The van der Waals surface area contributed by atoms with Crippen molar-refractivity contribution >= 4 is 28.2 Å². The van der Waals surface area contributed by atoms with Gasteiger partial charge in [-0.05, 0) is 24.6 Å². The summed E-state index contributed by atoms with van der Waals surface area (Å²) >= 11 is 1.11.